The minimum atomic E-state index is -0.259. The standard InChI is InChI=1S/C11H8ClN5OS/c1-17-6(4-5-13-17)10(18)16-11-15-9-7(19-11)2-3-8(12)14-9/h2-5H,1H3,(H,14,15,16,18). The fraction of sp³-hybridized carbons (Fsp3) is 0.0909. The van der Waals surface area contributed by atoms with Crippen molar-refractivity contribution in [2.45, 2.75) is 0 Å². The predicted octanol–water partition coefficient (Wildman–Crippen LogP) is 2.33. The molecule has 0 fully saturated rings. The van der Waals surface area contributed by atoms with Crippen LogP contribution >= 0.6 is 22.9 Å². The Hall–Kier alpha value is -1.99. The highest BCUT2D eigenvalue weighted by Crippen LogP contribution is 2.26. The van der Waals surface area contributed by atoms with Gasteiger partial charge in [0.15, 0.2) is 10.8 Å². The maximum Gasteiger partial charge on any atom is 0.275 e. The average molecular weight is 294 g/mol. The van der Waals surface area contributed by atoms with E-state index in [0.717, 1.165) is 4.70 Å². The minimum absolute atomic E-state index is 0.259. The molecule has 0 radical (unpaired) electrons. The van der Waals surface area contributed by atoms with Crippen LogP contribution < -0.4 is 5.32 Å². The van der Waals surface area contributed by atoms with Crippen LogP contribution in [0.2, 0.25) is 5.15 Å². The van der Waals surface area contributed by atoms with Crippen molar-refractivity contribution in [1.29, 1.82) is 0 Å². The summed E-state index contributed by atoms with van der Waals surface area (Å²) in [5.74, 6) is -0.259. The van der Waals surface area contributed by atoms with Gasteiger partial charge in [0.25, 0.3) is 5.91 Å². The molecule has 1 N–H and O–H groups in total. The Labute approximate surface area is 117 Å². The Morgan fingerprint density at radius 1 is 1.37 bits per heavy atom. The average Bonchev–Trinajstić information content (AvgIpc) is 2.94. The number of carbonyl (C=O) groups is 1. The minimum Gasteiger partial charge on any atom is -0.296 e. The van der Waals surface area contributed by atoms with E-state index in [-0.39, 0.29) is 5.91 Å². The molecule has 0 aliphatic carbocycles. The van der Waals surface area contributed by atoms with E-state index in [9.17, 15) is 4.79 Å². The molecular weight excluding hydrogens is 286 g/mol. The number of fused-ring (bicyclic) bond motifs is 1. The summed E-state index contributed by atoms with van der Waals surface area (Å²) in [4.78, 5) is 20.3. The molecule has 96 valence electrons. The van der Waals surface area contributed by atoms with Gasteiger partial charge in [0.05, 0.1) is 4.70 Å². The molecule has 0 unspecified atom stereocenters. The van der Waals surface area contributed by atoms with Gasteiger partial charge in [-0.2, -0.15) is 10.1 Å². The molecule has 8 heteroatoms. The van der Waals surface area contributed by atoms with Gasteiger partial charge >= 0.3 is 0 Å². The number of thiazole rings is 1. The Bertz CT molecular complexity index is 765. The van der Waals surface area contributed by atoms with Crippen molar-refractivity contribution in [3.8, 4) is 0 Å². The molecule has 6 nitrogen and oxygen atoms in total. The lowest BCUT2D eigenvalue weighted by atomic mass is 10.4. The molecule has 0 saturated heterocycles. The number of pyridine rings is 1. The van der Waals surface area contributed by atoms with Crippen LogP contribution in [0.3, 0.4) is 0 Å². The van der Waals surface area contributed by atoms with E-state index in [2.05, 4.69) is 20.4 Å². The molecule has 3 heterocycles. The van der Waals surface area contributed by atoms with E-state index in [1.54, 1.807) is 25.4 Å². The first-order valence-corrected chi connectivity index (χ1v) is 6.55. The van der Waals surface area contributed by atoms with Crippen LogP contribution in [0.1, 0.15) is 10.5 Å². The van der Waals surface area contributed by atoms with Gasteiger partial charge in [0.2, 0.25) is 0 Å². The molecule has 0 spiro atoms. The van der Waals surface area contributed by atoms with Crippen molar-refractivity contribution in [3.63, 3.8) is 0 Å². The normalized spacial score (nSPS) is 10.8. The summed E-state index contributed by atoms with van der Waals surface area (Å²) >= 11 is 7.13. The summed E-state index contributed by atoms with van der Waals surface area (Å²) in [6.45, 7) is 0. The number of rotatable bonds is 2. The maximum absolute atomic E-state index is 12.0. The van der Waals surface area contributed by atoms with Crippen LogP contribution in [-0.2, 0) is 7.05 Å². The molecule has 0 atom stereocenters. The van der Waals surface area contributed by atoms with E-state index in [0.29, 0.717) is 21.6 Å². The highest BCUT2D eigenvalue weighted by Gasteiger charge is 2.13. The number of nitrogens with zero attached hydrogens (tertiary/aromatic N) is 4. The van der Waals surface area contributed by atoms with Gasteiger partial charge in [-0.1, -0.05) is 22.9 Å². The number of carbonyl (C=O) groups excluding carboxylic acids is 1. The molecule has 19 heavy (non-hydrogen) atoms. The lowest BCUT2D eigenvalue weighted by Crippen LogP contribution is -2.15. The molecule has 3 aromatic rings. The first-order valence-electron chi connectivity index (χ1n) is 5.36. The van der Waals surface area contributed by atoms with Crippen molar-refractivity contribution in [1.82, 2.24) is 19.7 Å². The van der Waals surface area contributed by atoms with E-state index in [4.69, 9.17) is 11.6 Å². The number of nitrogens with one attached hydrogen (secondary N) is 1. The van der Waals surface area contributed by atoms with Crippen LogP contribution in [0.25, 0.3) is 10.3 Å². The van der Waals surface area contributed by atoms with Crippen molar-refractivity contribution < 1.29 is 4.79 Å². The lowest BCUT2D eigenvalue weighted by Gasteiger charge is -2.00. The number of anilines is 1. The fourth-order valence-corrected chi connectivity index (χ4v) is 2.55. The quantitative estimate of drug-likeness (QED) is 0.736. The summed E-state index contributed by atoms with van der Waals surface area (Å²) in [6, 6.07) is 5.15. The van der Waals surface area contributed by atoms with Gasteiger partial charge in [0, 0.05) is 13.2 Å². The van der Waals surface area contributed by atoms with Crippen LogP contribution in [0.15, 0.2) is 24.4 Å². The van der Waals surface area contributed by atoms with E-state index in [1.807, 2.05) is 6.07 Å². The molecule has 0 aliphatic heterocycles. The van der Waals surface area contributed by atoms with E-state index in [1.165, 1.54) is 16.0 Å². The van der Waals surface area contributed by atoms with Gasteiger partial charge in [-0.25, -0.2) is 4.98 Å². The van der Waals surface area contributed by atoms with E-state index < -0.39 is 0 Å². The van der Waals surface area contributed by atoms with Gasteiger partial charge in [-0.3, -0.25) is 14.8 Å². The summed E-state index contributed by atoms with van der Waals surface area (Å²) < 4.78 is 2.36. The summed E-state index contributed by atoms with van der Waals surface area (Å²) in [7, 11) is 1.70. The number of hydrogen-bond donors (Lipinski definition) is 1. The maximum atomic E-state index is 12.0. The number of halogens is 1. The van der Waals surface area contributed by atoms with Gasteiger partial charge in [-0.15, -0.1) is 0 Å². The molecule has 3 aromatic heterocycles. The third-order valence-electron chi connectivity index (χ3n) is 2.49. The number of aryl methyl sites for hydroxylation is 1. The van der Waals surface area contributed by atoms with Crippen molar-refractivity contribution in [2.24, 2.45) is 7.05 Å². The zero-order valence-electron chi connectivity index (χ0n) is 9.79. The smallest absolute Gasteiger partial charge is 0.275 e. The van der Waals surface area contributed by atoms with Crippen LogP contribution in [-0.4, -0.2) is 25.7 Å². The monoisotopic (exact) mass is 293 g/mol. The molecule has 0 aliphatic rings. The molecular formula is C11H8ClN5OS. The second-order valence-electron chi connectivity index (χ2n) is 3.77. The second kappa shape index (κ2) is 4.60. The Kier molecular flexibility index (Phi) is 2.92. The lowest BCUT2D eigenvalue weighted by molar-refractivity contribution is 0.101. The largest absolute Gasteiger partial charge is 0.296 e. The summed E-state index contributed by atoms with van der Waals surface area (Å²) in [5, 5.41) is 7.52. The zero-order valence-corrected chi connectivity index (χ0v) is 11.4. The van der Waals surface area contributed by atoms with Gasteiger partial charge in [0.1, 0.15) is 10.8 Å². The summed E-state index contributed by atoms with van der Waals surface area (Å²) in [6.07, 6.45) is 1.56. The highest BCUT2D eigenvalue weighted by molar-refractivity contribution is 7.22. The first kappa shape index (κ1) is 12.1. The number of aromatic nitrogens is 4. The SMILES string of the molecule is Cn1nccc1C(=O)Nc1nc2nc(Cl)ccc2s1. The molecule has 0 saturated carbocycles. The topological polar surface area (TPSA) is 72.7 Å². The van der Waals surface area contributed by atoms with Crippen molar-refractivity contribution in [3.05, 3.63) is 35.2 Å². The summed E-state index contributed by atoms with van der Waals surface area (Å²) in [5.41, 5.74) is 0.989. The van der Waals surface area contributed by atoms with Crippen LogP contribution in [0.4, 0.5) is 5.13 Å². The zero-order chi connectivity index (χ0) is 13.4. The number of amides is 1. The Morgan fingerprint density at radius 2 is 2.21 bits per heavy atom. The van der Waals surface area contributed by atoms with Crippen molar-refractivity contribution >= 4 is 44.3 Å². The Morgan fingerprint density at radius 3 is 2.95 bits per heavy atom. The predicted molar refractivity (Wildman–Crippen MR) is 73.6 cm³/mol. The fourth-order valence-electron chi connectivity index (χ4n) is 1.61. The highest BCUT2D eigenvalue weighted by atomic mass is 35.5. The molecule has 0 bridgehead atoms. The molecule has 3 rings (SSSR count). The molecule has 1 amide bonds. The van der Waals surface area contributed by atoms with E-state index >= 15 is 0 Å². The second-order valence-corrected chi connectivity index (χ2v) is 5.19. The van der Waals surface area contributed by atoms with Gasteiger partial charge < -0.3 is 0 Å². The first-order chi connectivity index (χ1) is 9.13. The van der Waals surface area contributed by atoms with Crippen molar-refractivity contribution in [2.75, 3.05) is 5.32 Å². The Balaban J connectivity index is 1.89. The number of hydrogen-bond acceptors (Lipinski definition) is 5. The van der Waals surface area contributed by atoms with Crippen LogP contribution in [0.5, 0.6) is 0 Å². The third-order valence-corrected chi connectivity index (χ3v) is 3.63. The van der Waals surface area contributed by atoms with Gasteiger partial charge in [-0.05, 0) is 18.2 Å². The van der Waals surface area contributed by atoms with Crippen LogP contribution in [0, 0.1) is 0 Å². The molecule has 0 aromatic carbocycles. The third kappa shape index (κ3) is 2.29.